The van der Waals surface area contributed by atoms with Gasteiger partial charge >= 0.3 is 6.61 Å². The number of hydrogen-bond acceptors (Lipinski definition) is 5. The lowest BCUT2D eigenvalue weighted by Gasteiger charge is -2.16. The van der Waals surface area contributed by atoms with Crippen molar-refractivity contribution in [1.82, 2.24) is 4.90 Å². The van der Waals surface area contributed by atoms with E-state index >= 15 is 0 Å². The Bertz CT molecular complexity index is 800. The number of anilines is 2. The molecule has 0 aromatic heterocycles. The van der Waals surface area contributed by atoms with Gasteiger partial charge in [0.2, 0.25) is 11.8 Å². The third-order valence-corrected chi connectivity index (χ3v) is 3.54. The van der Waals surface area contributed by atoms with Gasteiger partial charge in [0, 0.05) is 17.4 Å². The Morgan fingerprint density at radius 1 is 0.964 bits per heavy atom. The summed E-state index contributed by atoms with van der Waals surface area (Å²) in [5.41, 5.74) is 1.02. The molecular formula is C19H21F2N3O4. The molecule has 2 amide bonds. The van der Waals surface area contributed by atoms with E-state index in [2.05, 4.69) is 15.4 Å². The Labute approximate surface area is 161 Å². The van der Waals surface area contributed by atoms with E-state index in [9.17, 15) is 18.4 Å². The normalized spacial score (nSPS) is 10.6. The van der Waals surface area contributed by atoms with E-state index < -0.39 is 6.61 Å². The molecule has 7 nitrogen and oxygen atoms in total. The van der Waals surface area contributed by atoms with Crippen molar-refractivity contribution in [3.05, 3.63) is 48.5 Å². The minimum Gasteiger partial charge on any atom is -0.497 e. The first kappa shape index (κ1) is 21.1. The van der Waals surface area contributed by atoms with E-state index in [1.807, 2.05) is 0 Å². The number of nitrogens with one attached hydrogen (secondary N) is 2. The Morgan fingerprint density at radius 3 is 2.14 bits per heavy atom. The van der Waals surface area contributed by atoms with E-state index in [1.54, 1.807) is 36.2 Å². The highest BCUT2D eigenvalue weighted by Gasteiger charge is 2.12. The molecule has 2 aromatic rings. The van der Waals surface area contributed by atoms with Crippen molar-refractivity contribution in [2.75, 3.05) is 37.9 Å². The smallest absolute Gasteiger partial charge is 0.387 e. The minimum absolute atomic E-state index is 0.000620. The zero-order valence-electron chi connectivity index (χ0n) is 15.4. The number of benzene rings is 2. The number of methoxy groups -OCH3 is 1. The fourth-order valence-electron chi connectivity index (χ4n) is 2.37. The van der Waals surface area contributed by atoms with Crippen LogP contribution in [-0.4, -0.2) is 50.6 Å². The lowest BCUT2D eigenvalue weighted by molar-refractivity contribution is -0.119. The Balaban J connectivity index is 1.79. The highest BCUT2D eigenvalue weighted by Crippen LogP contribution is 2.18. The van der Waals surface area contributed by atoms with E-state index in [-0.39, 0.29) is 30.7 Å². The van der Waals surface area contributed by atoms with Gasteiger partial charge in [0.25, 0.3) is 0 Å². The first-order chi connectivity index (χ1) is 13.4. The second kappa shape index (κ2) is 10.2. The monoisotopic (exact) mass is 393 g/mol. The molecule has 2 aromatic carbocycles. The van der Waals surface area contributed by atoms with Gasteiger partial charge in [-0.3, -0.25) is 14.5 Å². The van der Waals surface area contributed by atoms with E-state index in [4.69, 9.17) is 4.74 Å². The lowest BCUT2D eigenvalue weighted by atomic mass is 10.3. The quantitative estimate of drug-likeness (QED) is 0.685. The molecule has 0 unspecified atom stereocenters. The van der Waals surface area contributed by atoms with E-state index in [1.165, 1.54) is 31.4 Å². The molecule has 150 valence electrons. The molecule has 0 fully saturated rings. The van der Waals surface area contributed by atoms with Gasteiger partial charge in [0.1, 0.15) is 11.5 Å². The summed E-state index contributed by atoms with van der Waals surface area (Å²) in [6.45, 7) is -2.93. The van der Waals surface area contributed by atoms with Crippen molar-refractivity contribution < 1.29 is 27.8 Å². The molecule has 0 saturated heterocycles. The van der Waals surface area contributed by atoms with Gasteiger partial charge in [-0.2, -0.15) is 8.78 Å². The Hall–Kier alpha value is -3.20. The zero-order valence-corrected chi connectivity index (χ0v) is 15.4. The number of halogens is 2. The first-order valence-corrected chi connectivity index (χ1v) is 8.33. The average molecular weight is 393 g/mol. The van der Waals surface area contributed by atoms with Crippen molar-refractivity contribution in [2.24, 2.45) is 0 Å². The standard InChI is InChI=1S/C19H21F2N3O4/c1-24(12-18(26)23-14-4-3-5-16(10-14)27-2)11-17(25)22-13-6-8-15(9-7-13)28-19(20)21/h3-10,19H,11-12H2,1-2H3,(H,22,25)(H,23,26). The van der Waals surface area contributed by atoms with Crippen LogP contribution < -0.4 is 20.1 Å². The van der Waals surface area contributed by atoms with Crippen molar-refractivity contribution >= 4 is 23.2 Å². The number of likely N-dealkylation sites (N-methyl/N-ethyl adjacent to an activating group) is 1. The molecule has 0 spiro atoms. The fourth-order valence-corrected chi connectivity index (χ4v) is 2.37. The molecule has 0 heterocycles. The van der Waals surface area contributed by atoms with Gasteiger partial charge in [-0.05, 0) is 43.4 Å². The predicted octanol–water partition coefficient (Wildman–Crippen LogP) is 2.81. The maximum Gasteiger partial charge on any atom is 0.387 e. The van der Waals surface area contributed by atoms with Gasteiger partial charge < -0.3 is 20.1 Å². The molecule has 28 heavy (non-hydrogen) atoms. The fraction of sp³-hybridized carbons (Fsp3) is 0.263. The minimum atomic E-state index is -2.91. The number of amides is 2. The second-order valence-electron chi connectivity index (χ2n) is 5.90. The zero-order chi connectivity index (χ0) is 20.5. The highest BCUT2D eigenvalue weighted by atomic mass is 19.3. The number of carbonyl (C=O) groups excluding carboxylic acids is 2. The summed E-state index contributed by atoms with van der Waals surface area (Å²) in [4.78, 5) is 25.7. The van der Waals surface area contributed by atoms with Crippen molar-refractivity contribution in [1.29, 1.82) is 0 Å². The largest absolute Gasteiger partial charge is 0.497 e. The molecule has 0 aliphatic heterocycles. The van der Waals surface area contributed by atoms with Crippen LogP contribution in [-0.2, 0) is 9.59 Å². The molecule has 0 aliphatic carbocycles. The topological polar surface area (TPSA) is 79.9 Å². The maximum absolute atomic E-state index is 12.1. The molecule has 2 rings (SSSR count). The van der Waals surface area contributed by atoms with Crippen molar-refractivity contribution in [3.63, 3.8) is 0 Å². The molecule has 0 bridgehead atoms. The first-order valence-electron chi connectivity index (χ1n) is 8.33. The molecule has 0 saturated carbocycles. The summed E-state index contributed by atoms with van der Waals surface area (Å²) >= 11 is 0. The molecule has 0 aliphatic rings. The van der Waals surface area contributed by atoms with Crippen LogP contribution in [0, 0.1) is 0 Å². The van der Waals surface area contributed by atoms with E-state index in [0.717, 1.165) is 0 Å². The van der Waals surface area contributed by atoms with E-state index in [0.29, 0.717) is 17.1 Å². The van der Waals surface area contributed by atoms with Crippen molar-refractivity contribution in [2.45, 2.75) is 6.61 Å². The van der Waals surface area contributed by atoms with Gasteiger partial charge in [-0.1, -0.05) is 6.07 Å². The molecule has 0 atom stereocenters. The van der Waals surface area contributed by atoms with Gasteiger partial charge in [0.15, 0.2) is 0 Å². The van der Waals surface area contributed by atoms with Crippen LogP contribution in [0.25, 0.3) is 0 Å². The molecular weight excluding hydrogens is 372 g/mol. The SMILES string of the molecule is COc1cccc(NC(=O)CN(C)CC(=O)Nc2ccc(OC(F)F)cc2)c1. The lowest BCUT2D eigenvalue weighted by Crippen LogP contribution is -2.36. The molecule has 9 heteroatoms. The average Bonchev–Trinajstić information content (AvgIpc) is 2.62. The summed E-state index contributed by atoms with van der Waals surface area (Å²) in [7, 11) is 3.16. The molecule has 0 radical (unpaired) electrons. The third-order valence-electron chi connectivity index (χ3n) is 3.54. The maximum atomic E-state index is 12.1. The Kier molecular flexibility index (Phi) is 7.70. The van der Waals surface area contributed by atoms with Crippen LogP contribution in [0.3, 0.4) is 0 Å². The third kappa shape index (κ3) is 7.20. The summed E-state index contributed by atoms with van der Waals surface area (Å²) in [5, 5.41) is 5.34. The van der Waals surface area contributed by atoms with Gasteiger partial charge in [-0.25, -0.2) is 0 Å². The van der Waals surface area contributed by atoms with Crippen LogP contribution in [0.2, 0.25) is 0 Å². The number of alkyl halides is 2. The van der Waals surface area contributed by atoms with Crippen LogP contribution in [0.15, 0.2) is 48.5 Å². The Morgan fingerprint density at radius 2 is 1.57 bits per heavy atom. The van der Waals surface area contributed by atoms with Gasteiger partial charge in [0.05, 0.1) is 20.2 Å². The summed E-state index contributed by atoms with van der Waals surface area (Å²) in [6.07, 6.45) is 0. The summed E-state index contributed by atoms with van der Waals surface area (Å²) in [5.74, 6) is -0.00825. The number of rotatable bonds is 9. The summed E-state index contributed by atoms with van der Waals surface area (Å²) < 4.78 is 33.6. The van der Waals surface area contributed by atoms with Crippen molar-refractivity contribution in [3.8, 4) is 11.5 Å². The number of ether oxygens (including phenoxy) is 2. The second-order valence-corrected chi connectivity index (χ2v) is 5.90. The number of hydrogen-bond donors (Lipinski definition) is 2. The van der Waals surface area contributed by atoms with Crippen LogP contribution in [0.4, 0.5) is 20.2 Å². The highest BCUT2D eigenvalue weighted by molar-refractivity contribution is 5.94. The van der Waals surface area contributed by atoms with Crippen LogP contribution in [0.1, 0.15) is 0 Å². The van der Waals surface area contributed by atoms with Gasteiger partial charge in [-0.15, -0.1) is 0 Å². The summed E-state index contributed by atoms with van der Waals surface area (Å²) in [6, 6.07) is 12.5. The molecule has 2 N–H and O–H groups in total. The number of carbonyl (C=O) groups is 2. The predicted molar refractivity (Wildman–Crippen MR) is 101 cm³/mol. The number of nitrogens with zero attached hydrogens (tertiary/aromatic N) is 1. The van der Waals surface area contributed by atoms with Crippen LogP contribution >= 0.6 is 0 Å². The van der Waals surface area contributed by atoms with Crippen LogP contribution in [0.5, 0.6) is 11.5 Å².